The van der Waals surface area contributed by atoms with Crippen LogP contribution in [0.5, 0.6) is 0 Å². The van der Waals surface area contributed by atoms with Crippen molar-refractivity contribution in [1.82, 2.24) is 4.90 Å². The number of amides is 1. The van der Waals surface area contributed by atoms with Gasteiger partial charge in [-0.05, 0) is 41.8 Å². The predicted octanol–water partition coefficient (Wildman–Crippen LogP) is 4.60. The quantitative estimate of drug-likeness (QED) is 0.511. The molecule has 1 heterocycles. The van der Waals surface area contributed by atoms with Gasteiger partial charge in [-0.1, -0.05) is 48.5 Å². The van der Waals surface area contributed by atoms with E-state index in [1.54, 1.807) is 12.1 Å². The number of non-ortho nitro benzene ring substituents is 1. The summed E-state index contributed by atoms with van der Waals surface area (Å²) in [6, 6.07) is 20.8. The van der Waals surface area contributed by atoms with E-state index in [4.69, 9.17) is 0 Å². The highest BCUT2D eigenvalue weighted by atomic mass is 16.6. The minimum Gasteiger partial charge on any atom is -0.326 e. The van der Waals surface area contributed by atoms with Crippen LogP contribution in [0.15, 0.2) is 66.7 Å². The standard InChI is InChI=1S/C23H23N3O3/c27-23(24-20-10-4-11-21(14-20)26(28)29)19-9-5-13-25(16-19)15-18-8-3-7-17-6-1-2-12-22(17)18/h1-4,6-8,10-12,14,19H,5,9,13,15-16H2,(H,24,27). The zero-order chi connectivity index (χ0) is 20.2. The molecule has 1 aliphatic rings. The van der Waals surface area contributed by atoms with Gasteiger partial charge in [0.1, 0.15) is 0 Å². The third-order valence-corrected chi connectivity index (χ3v) is 5.47. The van der Waals surface area contributed by atoms with Crippen LogP contribution in [0.3, 0.4) is 0 Å². The molecule has 1 N–H and O–H groups in total. The molecule has 1 fully saturated rings. The first-order chi connectivity index (χ1) is 14.1. The summed E-state index contributed by atoms with van der Waals surface area (Å²) in [5.41, 5.74) is 1.71. The van der Waals surface area contributed by atoms with Crippen molar-refractivity contribution in [2.75, 3.05) is 18.4 Å². The van der Waals surface area contributed by atoms with Crippen LogP contribution >= 0.6 is 0 Å². The molecular weight excluding hydrogens is 366 g/mol. The van der Waals surface area contributed by atoms with E-state index < -0.39 is 4.92 Å². The molecule has 0 bridgehead atoms. The maximum Gasteiger partial charge on any atom is 0.271 e. The van der Waals surface area contributed by atoms with Crippen molar-refractivity contribution >= 4 is 28.1 Å². The van der Waals surface area contributed by atoms with Gasteiger partial charge in [0.2, 0.25) is 5.91 Å². The second-order valence-corrected chi connectivity index (χ2v) is 7.51. The number of benzene rings is 3. The van der Waals surface area contributed by atoms with E-state index in [2.05, 4.69) is 46.6 Å². The van der Waals surface area contributed by atoms with Crippen molar-refractivity contribution < 1.29 is 9.72 Å². The smallest absolute Gasteiger partial charge is 0.271 e. The summed E-state index contributed by atoms with van der Waals surface area (Å²) in [6.07, 6.45) is 1.78. The van der Waals surface area contributed by atoms with Crippen molar-refractivity contribution in [3.8, 4) is 0 Å². The molecule has 4 rings (SSSR count). The van der Waals surface area contributed by atoms with Crippen LogP contribution in [0.2, 0.25) is 0 Å². The molecule has 3 aromatic carbocycles. The second kappa shape index (κ2) is 8.41. The number of hydrogen-bond donors (Lipinski definition) is 1. The Bertz CT molecular complexity index is 1040. The number of nitrogens with one attached hydrogen (secondary N) is 1. The Hall–Kier alpha value is -3.25. The first-order valence-electron chi connectivity index (χ1n) is 9.84. The second-order valence-electron chi connectivity index (χ2n) is 7.51. The molecule has 6 nitrogen and oxygen atoms in total. The van der Waals surface area contributed by atoms with Crippen molar-refractivity contribution in [3.05, 3.63) is 82.4 Å². The Kier molecular flexibility index (Phi) is 5.53. The van der Waals surface area contributed by atoms with E-state index in [1.807, 2.05) is 6.07 Å². The summed E-state index contributed by atoms with van der Waals surface area (Å²) in [5, 5.41) is 16.3. The van der Waals surface area contributed by atoms with Crippen molar-refractivity contribution in [2.45, 2.75) is 19.4 Å². The summed E-state index contributed by atoms with van der Waals surface area (Å²) in [6.45, 7) is 2.45. The number of hydrogen-bond acceptors (Lipinski definition) is 4. The lowest BCUT2D eigenvalue weighted by molar-refractivity contribution is -0.384. The van der Waals surface area contributed by atoms with Crippen LogP contribution in [0.25, 0.3) is 10.8 Å². The first-order valence-corrected chi connectivity index (χ1v) is 9.84. The Labute approximate surface area is 169 Å². The van der Waals surface area contributed by atoms with E-state index in [-0.39, 0.29) is 17.5 Å². The lowest BCUT2D eigenvalue weighted by Gasteiger charge is -2.32. The number of nitrogens with zero attached hydrogens (tertiary/aromatic N) is 2. The minimum atomic E-state index is -0.456. The van der Waals surface area contributed by atoms with Gasteiger partial charge in [-0.15, -0.1) is 0 Å². The van der Waals surface area contributed by atoms with Gasteiger partial charge < -0.3 is 5.32 Å². The van der Waals surface area contributed by atoms with Gasteiger partial charge in [0.25, 0.3) is 5.69 Å². The first kappa shape index (κ1) is 19.1. The van der Waals surface area contributed by atoms with E-state index in [1.165, 1.54) is 28.5 Å². The molecule has 0 spiro atoms. The fraction of sp³-hybridized carbons (Fsp3) is 0.261. The van der Waals surface area contributed by atoms with Gasteiger partial charge in [0.05, 0.1) is 10.8 Å². The molecule has 0 radical (unpaired) electrons. The predicted molar refractivity (Wildman–Crippen MR) is 114 cm³/mol. The molecule has 1 saturated heterocycles. The monoisotopic (exact) mass is 389 g/mol. The van der Waals surface area contributed by atoms with Gasteiger partial charge in [-0.2, -0.15) is 0 Å². The average molecular weight is 389 g/mol. The molecule has 148 valence electrons. The Balaban J connectivity index is 1.43. The highest BCUT2D eigenvalue weighted by molar-refractivity contribution is 5.93. The fourth-order valence-corrected chi connectivity index (χ4v) is 4.03. The molecule has 1 aliphatic heterocycles. The lowest BCUT2D eigenvalue weighted by atomic mass is 9.96. The van der Waals surface area contributed by atoms with Crippen LogP contribution in [0.1, 0.15) is 18.4 Å². The number of nitro benzene ring substituents is 1. The number of carbonyl (C=O) groups is 1. The number of anilines is 1. The summed E-state index contributed by atoms with van der Waals surface area (Å²) in [5.74, 6) is -0.203. The van der Waals surface area contributed by atoms with Gasteiger partial charge in [0.15, 0.2) is 0 Å². The maximum atomic E-state index is 12.8. The third kappa shape index (κ3) is 4.43. The highest BCUT2D eigenvalue weighted by Gasteiger charge is 2.26. The third-order valence-electron chi connectivity index (χ3n) is 5.47. The highest BCUT2D eigenvalue weighted by Crippen LogP contribution is 2.25. The SMILES string of the molecule is O=C(Nc1cccc([N+](=O)[O-])c1)C1CCCN(Cc2cccc3ccccc23)C1. The number of carbonyl (C=O) groups excluding carboxylic acids is 1. The van der Waals surface area contributed by atoms with Gasteiger partial charge in [0, 0.05) is 30.9 Å². The summed E-state index contributed by atoms with van der Waals surface area (Å²) in [4.78, 5) is 25.6. The maximum absolute atomic E-state index is 12.8. The van der Waals surface area contributed by atoms with Crippen LogP contribution < -0.4 is 5.32 Å². The fourth-order valence-electron chi connectivity index (χ4n) is 4.03. The van der Waals surface area contributed by atoms with Crippen molar-refractivity contribution in [1.29, 1.82) is 0 Å². The number of fused-ring (bicyclic) bond motifs is 1. The Morgan fingerprint density at radius 3 is 2.76 bits per heavy atom. The zero-order valence-electron chi connectivity index (χ0n) is 16.1. The minimum absolute atomic E-state index is 0.0240. The number of likely N-dealkylation sites (tertiary alicyclic amines) is 1. The summed E-state index contributed by atoms with van der Waals surface area (Å²) in [7, 11) is 0. The molecule has 1 unspecified atom stereocenters. The Morgan fingerprint density at radius 2 is 1.90 bits per heavy atom. The van der Waals surface area contributed by atoms with Crippen molar-refractivity contribution in [3.63, 3.8) is 0 Å². The average Bonchev–Trinajstić information content (AvgIpc) is 2.74. The van der Waals surface area contributed by atoms with Crippen LogP contribution in [-0.2, 0) is 11.3 Å². The molecule has 1 amide bonds. The summed E-state index contributed by atoms with van der Waals surface area (Å²) >= 11 is 0. The molecular formula is C23H23N3O3. The zero-order valence-corrected chi connectivity index (χ0v) is 16.1. The Morgan fingerprint density at radius 1 is 1.10 bits per heavy atom. The van der Waals surface area contributed by atoms with Gasteiger partial charge in [-0.3, -0.25) is 19.8 Å². The number of rotatable bonds is 5. The topological polar surface area (TPSA) is 75.5 Å². The van der Waals surface area contributed by atoms with Crippen molar-refractivity contribution in [2.24, 2.45) is 5.92 Å². The van der Waals surface area contributed by atoms with Crippen LogP contribution in [0.4, 0.5) is 11.4 Å². The molecule has 0 aliphatic carbocycles. The van der Waals surface area contributed by atoms with Gasteiger partial charge in [-0.25, -0.2) is 0 Å². The van der Waals surface area contributed by atoms with E-state index in [0.29, 0.717) is 12.2 Å². The molecule has 3 aromatic rings. The van der Waals surface area contributed by atoms with E-state index >= 15 is 0 Å². The van der Waals surface area contributed by atoms with E-state index in [9.17, 15) is 14.9 Å². The van der Waals surface area contributed by atoms with Crippen LogP contribution in [0, 0.1) is 16.0 Å². The normalized spacial score (nSPS) is 17.2. The largest absolute Gasteiger partial charge is 0.326 e. The summed E-state index contributed by atoms with van der Waals surface area (Å²) < 4.78 is 0. The molecule has 0 aromatic heterocycles. The number of piperidine rings is 1. The molecule has 1 atom stereocenters. The lowest BCUT2D eigenvalue weighted by Crippen LogP contribution is -2.40. The van der Waals surface area contributed by atoms with Crippen LogP contribution in [-0.4, -0.2) is 28.8 Å². The van der Waals surface area contributed by atoms with Gasteiger partial charge >= 0.3 is 0 Å². The molecule has 6 heteroatoms. The number of nitro groups is 1. The van der Waals surface area contributed by atoms with E-state index in [0.717, 1.165) is 25.9 Å². The molecule has 0 saturated carbocycles. The molecule has 29 heavy (non-hydrogen) atoms.